The van der Waals surface area contributed by atoms with Gasteiger partial charge in [-0.2, -0.15) is 0 Å². The first-order chi connectivity index (χ1) is 8.36. The molecule has 0 unspecified atom stereocenters. The standard InChI is InChI=1S/C14H20FNO/c15-14-4-2-1-3-13(14)11-17-10-7-12-5-8-16-9-6-12/h1-4,12,16H,5-11H2. The van der Waals surface area contributed by atoms with Gasteiger partial charge in [0.25, 0.3) is 0 Å². The summed E-state index contributed by atoms with van der Waals surface area (Å²) in [7, 11) is 0. The molecule has 0 amide bonds. The monoisotopic (exact) mass is 237 g/mol. The Morgan fingerprint density at radius 1 is 1.24 bits per heavy atom. The Morgan fingerprint density at radius 2 is 2.00 bits per heavy atom. The van der Waals surface area contributed by atoms with Crippen LogP contribution in [0.3, 0.4) is 0 Å². The number of nitrogens with one attached hydrogen (secondary N) is 1. The summed E-state index contributed by atoms with van der Waals surface area (Å²) in [5.74, 6) is 0.603. The van der Waals surface area contributed by atoms with E-state index < -0.39 is 0 Å². The molecule has 1 N–H and O–H groups in total. The van der Waals surface area contributed by atoms with E-state index in [2.05, 4.69) is 5.32 Å². The Hall–Kier alpha value is -0.930. The van der Waals surface area contributed by atoms with E-state index in [1.807, 2.05) is 6.07 Å². The van der Waals surface area contributed by atoms with Gasteiger partial charge in [-0.25, -0.2) is 4.39 Å². The average Bonchev–Trinajstić information content (AvgIpc) is 2.38. The smallest absolute Gasteiger partial charge is 0.128 e. The molecule has 1 aliphatic heterocycles. The van der Waals surface area contributed by atoms with Gasteiger partial charge in [0.2, 0.25) is 0 Å². The molecular formula is C14H20FNO. The van der Waals surface area contributed by atoms with E-state index in [-0.39, 0.29) is 5.82 Å². The van der Waals surface area contributed by atoms with Crippen LogP contribution in [0.1, 0.15) is 24.8 Å². The predicted molar refractivity (Wildman–Crippen MR) is 66.3 cm³/mol. The topological polar surface area (TPSA) is 21.3 Å². The first-order valence-corrected chi connectivity index (χ1v) is 6.38. The number of ether oxygens (including phenoxy) is 1. The second kappa shape index (κ2) is 6.72. The lowest BCUT2D eigenvalue weighted by atomic mass is 9.95. The molecule has 2 rings (SSSR count). The normalized spacial score (nSPS) is 17.2. The highest BCUT2D eigenvalue weighted by atomic mass is 19.1. The molecule has 0 aromatic heterocycles. The molecule has 1 aliphatic rings. The molecular weight excluding hydrogens is 217 g/mol. The Kier molecular flexibility index (Phi) is 4.95. The molecule has 1 aromatic carbocycles. The van der Waals surface area contributed by atoms with Crippen molar-refractivity contribution in [1.29, 1.82) is 0 Å². The van der Waals surface area contributed by atoms with Crippen LogP contribution in [-0.4, -0.2) is 19.7 Å². The lowest BCUT2D eigenvalue weighted by Gasteiger charge is -2.22. The summed E-state index contributed by atoms with van der Waals surface area (Å²) in [5, 5.41) is 3.35. The number of piperidine rings is 1. The molecule has 1 aromatic rings. The quantitative estimate of drug-likeness (QED) is 0.795. The van der Waals surface area contributed by atoms with Gasteiger partial charge in [0.05, 0.1) is 6.61 Å². The van der Waals surface area contributed by atoms with Crippen molar-refractivity contribution in [2.75, 3.05) is 19.7 Å². The molecule has 0 aliphatic carbocycles. The van der Waals surface area contributed by atoms with Gasteiger partial charge in [0.15, 0.2) is 0 Å². The lowest BCUT2D eigenvalue weighted by Crippen LogP contribution is -2.28. The number of benzene rings is 1. The number of halogens is 1. The highest BCUT2D eigenvalue weighted by molar-refractivity contribution is 5.16. The fraction of sp³-hybridized carbons (Fsp3) is 0.571. The van der Waals surface area contributed by atoms with Crippen LogP contribution in [0.2, 0.25) is 0 Å². The third-order valence-electron chi connectivity index (χ3n) is 3.34. The van der Waals surface area contributed by atoms with Crippen molar-refractivity contribution in [2.24, 2.45) is 5.92 Å². The van der Waals surface area contributed by atoms with Crippen molar-refractivity contribution in [2.45, 2.75) is 25.9 Å². The fourth-order valence-electron chi connectivity index (χ4n) is 2.22. The highest BCUT2D eigenvalue weighted by Gasteiger charge is 2.12. The Labute approximate surface area is 102 Å². The first-order valence-electron chi connectivity index (χ1n) is 6.38. The number of hydrogen-bond acceptors (Lipinski definition) is 2. The van der Waals surface area contributed by atoms with Gasteiger partial charge < -0.3 is 10.1 Å². The van der Waals surface area contributed by atoms with Crippen molar-refractivity contribution in [3.8, 4) is 0 Å². The Bertz CT molecular complexity index is 337. The van der Waals surface area contributed by atoms with Crippen molar-refractivity contribution in [3.05, 3.63) is 35.6 Å². The van der Waals surface area contributed by atoms with E-state index in [1.54, 1.807) is 12.1 Å². The highest BCUT2D eigenvalue weighted by Crippen LogP contribution is 2.16. The van der Waals surface area contributed by atoms with E-state index in [0.717, 1.165) is 32.0 Å². The summed E-state index contributed by atoms with van der Waals surface area (Å²) in [6.07, 6.45) is 3.57. The molecule has 94 valence electrons. The van der Waals surface area contributed by atoms with Crippen molar-refractivity contribution < 1.29 is 9.13 Å². The zero-order valence-corrected chi connectivity index (χ0v) is 10.1. The zero-order valence-electron chi connectivity index (χ0n) is 10.1. The van der Waals surface area contributed by atoms with Crippen molar-refractivity contribution in [1.82, 2.24) is 5.32 Å². The molecule has 0 atom stereocenters. The van der Waals surface area contributed by atoms with Gasteiger partial charge in [-0.1, -0.05) is 18.2 Å². The summed E-state index contributed by atoms with van der Waals surface area (Å²) >= 11 is 0. The maximum absolute atomic E-state index is 13.3. The predicted octanol–water partition coefficient (Wildman–Crippen LogP) is 2.73. The molecule has 0 spiro atoms. The van der Waals surface area contributed by atoms with Gasteiger partial charge in [-0.3, -0.25) is 0 Å². The fourth-order valence-corrected chi connectivity index (χ4v) is 2.22. The van der Waals surface area contributed by atoms with Crippen LogP contribution in [0, 0.1) is 11.7 Å². The SMILES string of the molecule is Fc1ccccc1COCCC1CCNCC1. The van der Waals surface area contributed by atoms with Crippen LogP contribution in [0.25, 0.3) is 0 Å². The minimum atomic E-state index is -0.172. The second-order valence-electron chi connectivity index (χ2n) is 4.63. The van der Waals surface area contributed by atoms with Gasteiger partial charge in [-0.05, 0) is 44.3 Å². The van der Waals surface area contributed by atoms with Gasteiger partial charge in [0, 0.05) is 12.2 Å². The van der Waals surface area contributed by atoms with Crippen LogP contribution in [-0.2, 0) is 11.3 Å². The van der Waals surface area contributed by atoms with Gasteiger partial charge in [-0.15, -0.1) is 0 Å². The molecule has 1 fully saturated rings. The number of hydrogen-bond donors (Lipinski definition) is 1. The largest absolute Gasteiger partial charge is 0.377 e. The van der Waals surface area contributed by atoms with Crippen molar-refractivity contribution in [3.63, 3.8) is 0 Å². The Morgan fingerprint density at radius 3 is 2.76 bits per heavy atom. The molecule has 1 heterocycles. The maximum Gasteiger partial charge on any atom is 0.128 e. The van der Waals surface area contributed by atoms with E-state index in [4.69, 9.17) is 4.74 Å². The third kappa shape index (κ3) is 4.10. The lowest BCUT2D eigenvalue weighted by molar-refractivity contribution is 0.101. The van der Waals surface area contributed by atoms with Gasteiger partial charge >= 0.3 is 0 Å². The van der Waals surface area contributed by atoms with Crippen LogP contribution in [0.4, 0.5) is 4.39 Å². The van der Waals surface area contributed by atoms with Gasteiger partial charge in [0.1, 0.15) is 5.82 Å². The average molecular weight is 237 g/mol. The van der Waals surface area contributed by atoms with Crippen LogP contribution in [0.15, 0.2) is 24.3 Å². The molecule has 0 bridgehead atoms. The summed E-state index contributed by atoms with van der Waals surface area (Å²) < 4.78 is 18.8. The van der Waals surface area contributed by atoms with Crippen LogP contribution >= 0.6 is 0 Å². The maximum atomic E-state index is 13.3. The number of rotatable bonds is 5. The van der Waals surface area contributed by atoms with Crippen LogP contribution < -0.4 is 5.32 Å². The zero-order chi connectivity index (χ0) is 11.9. The third-order valence-corrected chi connectivity index (χ3v) is 3.34. The summed E-state index contributed by atoms with van der Waals surface area (Å²) in [5.41, 5.74) is 0.651. The second-order valence-corrected chi connectivity index (χ2v) is 4.63. The minimum absolute atomic E-state index is 0.172. The molecule has 3 heteroatoms. The summed E-state index contributed by atoms with van der Waals surface area (Å²) in [6.45, 7) is 3.37. The Balaban J connectivity index is 1.64. The van der Waals surface area contributed by atoms with Crippen LogP contribution in [0.5, 0.6) is 0 Å². The molecule has 2 nitrogen and oxygen atoms in total. The van der Waals surface area contributed by atoms with E-state index in [9.17, 15) is 4.39 Å². The summed E-state index contributed by atoms with van der Waals surface area (Å²) in [6, 6.07) is 6.80. The van der Waals surface area contributed by atoms with E-state index in [0.29, 0.717) is 12.2 Å². The van der Waals surface area contributed by atoms with E-state index in [1.165, 1.54) is 18.9 Å². The minimum Gasteiger partial charge on any atom is -0.377 e. The molecule has 17 heavy (non-hydrogen) atoms. The first kappa shape index (κ1) is 12.5. The van der Waals surface area contributed by atoms with Crippen molar-refractivity contribution >= 4 is 0 Å². The molecule has 0 radical (unpaired) electrons. The molecule has 1 saturated heterocycles. The molecule has 0 saturated carbocycles. The summed E-state index contributed by atoms with van der Waals surface area (Å²) in [4.78, 5) is 0. The van der Waals surface area contributed by atoms with E-state index >= 15 is 0 Å².